The van der Waals surface area contributed by atoms with Crippen molar-refractivity contribution in [3.63, 3.8) is 0 Å². The molecule has 2 rings (SSSR count). The fourth-order valence-electron chi connectivity index (χ4n) is 2.36. The van der Waals surface area contributed by atoms with Crippen LogP contribution in [0.25, 0.3) is 0 Å². The summed E-state index contributed by atoms with van der Waals surface area (Å²) in [6, 6.07) is 5.53. The molecule has 0 unspecified atom stereocenters. The van der Waals surface area contributed by atoms with Crippen LogP contribution in [0, 0.1) is 0 Å². The molecule has 1 aliphatic heterocycles. The van der Waals surface area contributed by atoms with Gasteiger partial charge in [-0.1, -0.05) is 28.4 Å². The Morgan fingerprint density at radius 1 is 1.22 bits per heavy atom. The molecule has 0 amide bonds. The van der Waals surface area contributed by atoms with E-state index in [2.05, 4.69) is 20.8 Å². The fraction of sp³-hybridized carbons (Fsp3) is 0.538. The van der Waals surface area contributed by atoms with Gasteiger partial charge in [-0.15, -0.1) is 0 Å². The Labute approximate surface area is 117 Å². The first-order valence-corrected chi connectivity index (χ1v) is 8.86. The molecule has 18 heavy (non-hydrogen) atoms. The van der Waals surface area contributed by atoms with E-state index in [0.717, 1.165) is 29.7 Å². The molecular weight excluding hydrogens is 314 g/mol. The Morgan fingerprint density at radius 2 is 1.89 bits per heavy atom. The second-order valence-electron chi connectivity index (χ2n) is 4.86. The molecule has 1 aliphatic rings. The van der Waals surface area contributed by atoms with Gasteiger partial charge < -0.3 is 0 Å². The minimum absolute atomic E-state index is 0.447. The molecule has 100 valence electrons. The maximum Gasteiger partial charge on any atom is 0.175 e. The lowest BCUT2D eigenvalue weighted by Gasteiger charge is -2.27. The number of rotatable bonds is 3. The van der Waals surface area contributed by atoms with Gasteiger partial charge in [0.2, 0.25) is 0 Å². The second-order valence-corrected chi connectivity index (χ2v) is 7.76. The molecule has 0 atom stereocenters. The number of piperidine rings is 1. The number of sulfone groups is 1. The van der Waals surface area contributed by atoms with Crippen molar-refractivity contribution < 1.29 is 8.42 Å². The van der Waals surface area contributed by atoms with E-state index in [1.165, 1.54) is 25.5 Å². The van der Waals surface area contributed by atoms with Crippen molar-refractivity contribution in [3.05, 3.63) is 28.2 Å². The predicted molar refractivity (Wildman–Crippen MR) is 76.4 cm³/mol. The van der Waals surface area contributed by atoms with E-state index in [1.54, 1.807) is 6.07 Å². The average Bonchev–Trinajstić information content (AvgIpc) is 2.31. The van der Waals surface area contributed by atoms with Crippen LogP contribution in [0.2, 0.25) is 0 Å². The Bertz CT molecular complexity index is 522. The number of likely N-dealkylation sites (tertiary alicyclic amines) is 1. The standard InChI is InChI=1S/C13H18BrNO2S/c1-18(16,17)13-9-12(14)6-5-11(13)10-15-7-3-2-4-8-15/h5-6,9H,2-4,7-8,10H2,1H3. The van der Waals surface area contributed by atoms with Crippen LogP contribution < -0.4 is 0 Å². The van der Waals surface area contributed by atoms with Crippen LogP contribution in [0.3, 0.4) is 0 Å². The molecule has 0 aromatic heterocycles. The lowest BCUT2D eigenvalue weighted by molar-refractivity contribution is 0.219. The zero-order valence-electron chi connectivity index (χ0n) is 10.5. The lowest BCUT2D eigenvalue weighted by Crippen LogP contribution is -2.29. The van der Waals surface area contributed by atoms with Crippen LogP contribution in [0.5, 0.6) is 0 Å². The van der Waals surface area contributed by atoms with Crippen molar-refractivity contribution in [1.29, 1.82) is 0 Å². The molecule has 0 saturated carbocycles. The summed E-state index contributed by atoms with van der Waals surface area (Å²) in [6.45, 7) is 2.87. The molecule has 1 fully saturated rings. The summed E-state index contributed by atoms with van der Waals surface area (Å²) in [5.74, 6) is 0. The molecule has 1 aromatic carbocycles. The van der Waals surface area contributed by atoms with E-state index in [1.807, 2.05) is 12.1 Å². The second kappa shape index (κ2) is 5.72. The van der Waals surface area contributed by atoms with Crippen LogP contribution in [0.1, 0.15) is 24.8 Å². The maximum absolute atomic E-state index is 11.8. The van der Waals surface area contributed by atoms with E-state index in [9.17, 15) is 8.42 Å². The Hall–Kier alpha value is -0.390. The predicted octanol–water partition coefficient (Wildman–Crippen LogP) is 2.84. The highest BCUT2D eigenvalue weighted by Crippen LogP contribution is 2.23. The Balaban J connectivity index is 2.26. The number of hydrogen-bond acceptors (Lipinski definition) is 3. The van der Waals surface area contributed by atoms with Crippen LogP contribution >= 0.6 is 15.9 Å². The average molecular weight is 332 g/mol. The summed E-state index contributed by atoms with van der Waals surface area (Å²) in [5, 5.41) is 0. The van der Waals surface area contributed by atoms with Gasteiger partial charge in [0.25, 0.3) is 0 Å². The van der Waals surface area contributed by atoms with E-state index in [4.69, 9.17) is 0 Å². The molecule has 1 saturated heterocycles. The van der Waals surface area contributed by atoms with Crippen LogP contribution in [-0.2, 0) is 16.4 Å². The fourth-order valence-corrected chi connectivity index (χ4v) is 3.83. The smallest absolute Gasteiger partial charge is 0.175 e. The molecule has 1 heterocycles. The zero-order chi connectivity index (χ0) is 13.2. The molecule has 0 radical (unpaired) electrons. The molecule has 0 spiro atoms. The number of hydrogen-bond donors (Lipinski definition) is 0. The number of nitrogens with zero attached hydrogens (tertiary/aromatic N) is 1. The summed E-state index contributed by atoms with van der Waals surface area (Å²) in [6.07, 6.45) is 4.99. The van der Waals surface area contributed by atoms with Crippen molar-refractivity contribution in [2.75, 3.05) is 19.3 Å². The summed E-state index contributed by atoms with van der Waals surface area (Å²) in [4.78, 5) is 2.78. The monoisotopic (exact) mass is 331 g/mol. The van der Waals surface area contributed by atoms with Crippen molar-refractivity contribution in [3.8, 4) is 0 Å². The maximum atomic E-state index is 11.8. The summed E-state index contributed by atoms with van der Waals surface area (Å²) < 4.78 is 24.4. The first-order valence-electron chi connectivity index (χ1n) is 6.17. The molecule has 0 N–H and O–H groups in total. The number of benzene rings is 1. The van der Waals surface area contributed by atoms with Gasteiger partial charge in [-0.2, -0.15) is 0 Å². The van der Waals surface area contributed by atoms with Crippen molar-refractivity contribution >= 4 is 25.8 Å². The van der Waals surface area contributed by atoms with E-state index < -0.39 is 9.84 Å². The third kappa shape index (κ3) is 3.56. The van der Waals surface area contributed by atoms with Gasteiger partial charge >= 0.3 is 0 Å². The SMILES string of the molecule is CS(=O)(=O)c1cc(Br)ccc1CN1CCCCC1. The van der Waals surface area contributed by atoms with Gasteiger partial charge in [-0.05, 0) is 43.6 Å². The van der Waals surface area contributed by atoms with Gasteiger partial charge in [0, 0.05) is 17.3 Å². The van der Waals surface area contributed by atoms with Crippen LogP contribution in [-0.4, -0.2) is 32.7 Å². The van der Waals surface area contributed by atoms with Crippen LogP contribution in [0.4, 0.5) is 0 Å². The molecule has 0 bridgehead atoms. The molecular formula is C13H18BrNO2S. The first kappa shape index (κ1) is 14.0. The van der Waals surface area contributed by atoms with E-state index in [-0.39, 0.29) is 0 Å². The summed E-state index contributed by atoms with van der Waals surface area (Å²) in [7, 11) is -3.16. The van der Waals surface area contributed by atoms with Gasteiger partial charge in [0.05, 0.1) is 4.90 Å². The topological polar surface area (TPSA) is 37.4 Å². The molecule has 1 aromatic rings. The Kier molecular flexibility index (Phi) is 4.45. The van der Waals surface area contributed by atoms with Gasteiger partial charge in [-0.25, -0.2) is 8.42 Å². The highest BCUT2D eigenvalue weighted by molar-refractivity contribution is 9.10. The highest BCUT2D eigenvalue weighted by atomic mass is 79.9. The molecule has 3 nitrogen and oxygen atoms in total. The van der Waals surface area contributed by atoms with Crippen molar-refractivity contribution in [2.45, 2.75) is 30.7 Å². The van der Waals surface area contributed by atoms with Gasteiger partial charge in [0.15, 0.2) is 9.84 Å². The van der Waals surface area contributed by atoms with Crippen molar-refractivity contribution in [1.82, 2.24) is 4.90 Å². The zero-order valence-corrected chi connectivity index (χ0v) is 12.9. The van der Waals surface area contributed by atoms with Crippen LogP contribution in [0.15, 0.2) is 27.6 Å². The largest absolute Gasteiger partial charge is 0.299 e. The van der Waals surface area contributed by atoms with Crippen molar-refractivity contribution in [2.24, 2.45) is 0 Å². The number of halogens is 1. The third-order valence-electron chi connectivity index (χ3n) is 3.27. The Morgan fingerprint density at radius 3 is 2.50 bits per heavy atom. The molecule has 5 heteroatoms. The summed E-state index contributed by atoms with van der Waals surface area (Å²) in [5.41, 5.74) is 0.905. The van der Waals surface area contributed by atoms with E-state index in [0.29, 0.717) is 4.90 Å². The lowest BCUT2D eigenvalue weighted by atomic mass is 10.1. The minimum Gasteiger partial charge on any atom is -0.299 e. The van der Waals surface area contributed by atoms with E-state index >= 15 is 0 Å². The van der Waals surface area contributed by atoms with Gasteiger partial charge in [-0.3, -0.25) is 4.90 Å². The first-order chi connectivity index (χ1) is 8.47. The molecule has 0 aliphatic carbocycles. The minimum atomic E-state index is -3.16. The summed E-state index contributed by atoms with van der Waals surface area (Å²) >= 11 is 3.34. The van der Waals surface area contributed by atoms with Gasteiger partial charge in [0.1, 0.15) is 0 Å². The quantitative estimate of drug-likeness (QED) is 0.854. The normalized spacial score (nSPS) is 17.9. The highest BCUT2D eigenvalue weighted by Gasteiger charge is 2.17. The third-order valence-corrected chi connectivity index (χ3v) is 4.94.